The molecule has 1 fully saturated rings. The van der Waals surface area contributed by atoms with Crippen LogP contribution in [0.1, 0.15) is 25.3 Å². The van der Waals surface area contributed by atoms with Crippen LogP contribution >= 0.6 is 24.0 Å². The molecule has 0 radical (unpaired) electrons. The number of thioether (sulfide) groups is 1. The molecule has 6 heteroatoms. The fourth-order valence-corrected chi connectivity index (χ4v) is 2.84. The monoisotopic (exact) mass is 323 g/mol. The van der Waals surface area contributed by atoms with Crippen molar-refractivity contribution in [2.45, 2.75) is 19.8 Å². The van der Waals surface area contributed by atoms with Crippen LogP contribution in [0.15, 0.2) is 23.1 Å². The van der Waals surface area contributed by atoms with Gasteiger partial charge < -0.3 is 14.8 Å². The first-order valence-electron chi connectivity index (χ1n) is 6.69. The molecule has 0 unspecified atom stereocenters. The van der Waals surface area contributed by atoms with E-state index >= 15 is 0 Å². The van der Waals surface area contributed by atoms with Crippen molar-refractivity contribution >= 4 is 40.3 Å². The highest BCUT2D eigenvalue weighted by Crippen LogP contribution is 2.31. The molecule has 1 amide bonds. The van der Waals surface area contributed by atoms with Crippen molar-refractivity contribution in [1.82, 2.24) is 5.32 Å². The van der Waals surface area contributed by atoms with Gasteiger partial charge in [-0.25, -0.2) is 0 Å². The number of methoxy groups -OCH3 is 1. The van der Waals surface area contributed by atoms with Crippen molar-refractivity contribution < 1.29 is 14.3 Å². The van der Waals surface area contributed by atoms with Crippen LogP contribution in [-0.2, 0) is 4.79 Å². The number of nitrogens with one attached hydrogen (secondary N) is 1. The minimum atomic E-state index is -0.160. The van der Waals surface area contributed by atoms with Gasteiger partial charge in [-0.05, 0) is 30.2 Å². The maximum absolute atomic E-state index is 11.6. The van der Waals surface area contributed by atoms with Crippen LogP contribution in [0.4, 0.5) is 0 Å². The molecule has 0 atom stereocenters. The number of benzene rings is 1. The SMILES string of the molecule is CCCCOc1ccc(/C=C2\SC(=S)NC2=O)cc1OC. The van der Waals surface area contributed by atoms with Crippen LogP contribution in [0.5, 0.6) is 11.5 Å². The molecule has 1 aliphatic heterocycles. The van der Waals surface area contributed by atoms with E-state index < -0.39 is 0 Å². The topological polar surface area (TPSA) is 47.6 Å². The standard InChI is InChI=1S/C15H17NO3S2/c1-3-4-7-19-11-6-5-10(8-12(11)18-2)9-13-14(17)16-15(20)21-13/h5-6,8-9H,3-4,7H2,1-2H3,(H,16,17,20)/b13-9-. The molecule has 0 bridgehead atoms. The highest BCUT2D eigenvalue weighted by atomic mass is 32.2. The lowest BCUT2D eigenvalue weighted by atomic mass is 10.2. The van der Waals surface area contributed by atoms with Crippen LogP contribution in [-0.4, -0.2) is 23.9 Å². The number of amides is 1. The molecule has 0 saturated carbocycles. The van der Waals surface area contributed by atoms with Crippen LogP contribution in [0.25, 0.3) is 6.08 Å². The summed E-state index contributed by atoms with van der Waals surface area (Å²) in [5.74, 6) is 1.21. The van der Waals surface area contributed by atoms with Gasteiger partial charge in [0, 0.05) is 0 Å². The lowest BCUT2D eigenvalue weighted by Gasteiger charge is -2.11. The third-order valence-electron chi connectivity index (χ3n) is 2.88. The first-order chi connectivity index (χ1) is 10.1. The summed E-state index contributed by atoms with van der Waals surface area (Å²) in [7, 11) is 1.60. The number of ether oxygens (including phenoxy) is 2. The highest BCUT2D eigenvalue weighted by molar-refractivity contribution is 8.26. The number of carbonyl (C=O) groups excluding carboxylic acids is 1. The maximum atomic E-state index is 11.6. The number of hydrogen-bond donors (Lipinski definition) is 1. The zero-order chi connectivity index (χ0) is 15.2. The fourth-order valence-electron chi connectivity index (χ4n) is 1.79. The van der Waals surface area contributed by atoms with E-state index in [1.165, 1.54) is 11.8 Å². The van der Waals surface area contributed by atoms with Crippen LogP contribution in [0, 0.1) is 0 Å². The third-order valence-corrected chi connectivity index (χ3v) is 4.05. The molecule has 0 spiro atoms. The van der Waals surface area contributed by atoms with Crippen molar-refractivity contribution in [2.24, 2.45) is 0 Å². The van der Waals surface area contributed by atoms with Crippen LogP contribution < -0.4 is 14.8 Å². The molecular formula is C15H17NO3S2. The van der Waals surface area contributed by atoms with Crippen molar-refractivity contribution in [3.63, 3.8) is 0 Å². The Morgan fingerprint density at radius 3 is 2.81 bits per heavy atom. The largest absolute Gasteiger partial charge is 0.493 e. The zero-order valence-electron chi connectivity index (χ0n) is 12.0. The van der Waals surface area contributed by atoms with E-state index in [1.807, 2.05) is 18.2 Å². The highest BCUT2D eigenvalue weighted by Gasteiger charge is 2.22. The van der Waals surface area contributed by atoms with Gasteiger partial charge in [0.1, 0.15) is 4.32 Å². The zero-order valence-corrected chi connectivity index (χ0v) is 13.6. The number of thiocarbonyl (C=S) groups is 1. The molecule has 4 nitrogen and oxygen atoms in total. The molecule has 1 heterocycles. The molecule has 1 aliphatic rings. The van der Waals surface area contributed by atoms with Gasteiger partial charge >= 0.3 is 0 Å². The Kier molecular flexibility index (Phi) is 5.64. The Bertz CT molecular complexity index is 584. The summed E-state index contributed by atoms with van der Waals surface area (Å²) < 4.78 is 11.5. The van der Waals surface area contributed by atoms with Gasteiger partial charge in [-0.2, -0.15) is 0 Å². The molecule has 1 saturated heterocycles. The molecule has 112 valence electrons. The van der Waals surface area contributed by atoms with E-state index in [0.717, 1.165) is 18.4 Å². The average Bonchev–Trinajstić information content (AvgIpc) is 2.78. The third kappa shape index (κ3) is 4.22. The van der Waals surface area contributed by atoms with Gasteiger partial charge in [-0.3, -0.25) is 4.79 Å². The van der Waals surface area contributed by atoms with Gasteiger partial charge in [0.15, 0.2) is 11.5 Å². The Labute approximate surface area is 133 Å². The average molecular weight is 323 g/mol. The van der Waals surface area contributed by atoms with E-state index in [1.54, 1.807) is 13.2 Å². The number of hydrogen-bond acceptors (Lipinski definition) is 5. The number of carbonyl (C=O) groups is 1. The summed E-state index contributed by atoms with van der Waals surface area (Å²) >= 11 is 6.23. The van der Waals surface area contributed by atoms with Crippen molar-refractivity contribution in [3.8, 4) is 11.5 Å². The quantitative estimate of drug-likeness (QED) is 0.494. The molecule has 0 aromatic heterocycles. The number of unbranched alkanes of at least 4 members (excludes halogenated alkanes) is 1. The van der Waals surface area contributed by atoms with Gasteiger partial charge in [0.25, 0.3) is 5.91 Å². The summed E-state index contributed by atoms with van der Waals surface area (Å²) in [5, 5.41) is 2.59. The van der Waals surface area contributed by atoms with E-state index in [0.29, 0.717) is 27.3 Å². The van der Waals surface area contributed by atoms with E-state index in [-0.39, 0.29) is 5.91 Å². The minimum absolute atomic E-state index is 0.160. The summed E-state index contributed by atoms with van der Waals surface area (Å²) in [4.78, 5) is 12.2. The summed E-state index contributed by atoms with van der Waals surface area (Å²) in [6.07, 6.45) is 3.87. The summed E-state index contributed by atoms with van der Waals surface area (Å²) in [5.41, 5.74) is 0.872. The van der Waals surface area contributed by atoms with Crippen molar-refractivity contribution in [1.29, 1.82) is 0 Å². The predicted octanol–water partition coefficient (Wildman–Crippen LogP) is 3.36. The van der Waals surface area contributed by atoms with Gasteiger partial charge in [-0.15, -0.1) is 0 Å². The molecule has 2 rings (SSSR count). The molecule has 1 aromatic carbocycles. The first-order valence-corrected chi connectivity index (χ1v) is 7.92. The smallest absolute Gasteiger partial charge is 0.263 e. The Morgan fingerprint density at radius 1 is 1.38 bits per heavy atom. The number of rotatable bonds is 6. The van der Waals surface area contributed by atoms with Gasteiger partial charge in [0.2, 0.25) is 0 Å². The van der Waals surface area contributed by atoms with Crippen molar-refractivity contribution in [3.05, 3.63) is 28.7 Å². The Balaban J connectivity index is 2.17. The van der Waals surface area contributed by atoms with Gasteiger partial charge in [0.05, 0.1) is 18.6 Å². The van der Waals surface area contributed by atoms with Gasteiger partial charge in [-0.1, -0.05) is 43.4 Å². The predicted molar refractivity (Wildman–Crippen MR) is 89.7 cm³/mol. The molecule has 1 aromatic rings. The van der Waals surface area contributed by atoms with Crippen LogP contribution in [0.2, 0.25) is 0 Å². The molecule has 21 heavy (non-hydrogen) atoms. The second-order valence-corrected chi connectivity index (χ2v) is 6.18. The Hall–Kier alpha value is -1.53. The lowest BCUT2D eigenvalue weighted by Crippen LogP contribution is -2.17. The minimum Gasteiger partial charge on any atom is -0.493 e. The van der Waals surface area contributed by atoms with E-state index in [2.05, 4.69) is 12.2 Å². The fraction of sp³-hybridized carbons (Fsp3) is 0.333. The second-order valence-electron chi connectivity index (χ2n) is 4.46. The lowest BCUT2D eigenvalue weighted by molar-refractivity contribution is -0.115. The Morgan fingerprint density at radius 2 is 2.19 bits per heavy atom. The maximum Gasteiger partial charge on any atom is 0.263 e. The first kappa shape index (κ1) is 15.9. The normalized spacial score (nSPS) is 16.2. The molecular weight excluding hydrogens is 306 g/mol. The van der Waals surface area contributed by atoms with E-state index in [4.69, 9.17) is 21.7 Å². The summed E-state index contributed by atoms with van der Waals surface area (Å²) in [6, 6.07) is 5.60. The molecule has 1 N–H and O–H groups in total. The van der Waals surface area contributed by atoms with Crippen LogP contribution in [0.3, 0.4) is 0 Å². The molecule has 0 aliphatic carbocycles. The summed E-state index contributed by atoms with van der Waals surface area (Å²) in [6.45, 7) is 2.78. The second kappa shape index (κ2) is 7.47. The van der Waals surface area contributed by atoms with E-state index in [9.17, 15) is 4.79 Å². The van der Waals surface area contributed by atoms with Crippen molar-refractivity contribution in [2.75, 3.05) is 13.7 Å².